The van der Waals surface area contributed by atoms with Gasteiger partial charge in [-0.25, -0.2) is 14.8 Å². The van der Waals surface area contributed by atoms with Gasteiger partial charge in [0.1, 0.15) is 6.33 Å². The molecule has 0 spiro atoms. The van der Waals surface area contributed by atoms with Gasteiger partial charge in [-0.1, -0.05) is 36.4 Å². The number of rotatable bonds is 6. The molecule has 4 N–H and O–H groups in total. The molecule has 35 heavy (non-hydrogen) atoms. The number of alkyl halides is 3. The fourth-order valence-corrected chi connectivity index (χ4v) is 3.73. The summed E-state index contributed by atoms with van der Waals surface area (Å²) < 4.78 is 39.5. The van der Waals surface area contributed by atoms with Gasteiger partial charge in [0.05, 0.1) is 28.0 Å². The number of hydrogen-bond acceptors (Lipinski definition) is 4. The van der Waals surface area contributed by atoms with Crippen molar-refractivity contribution in [1.82, 2.24) is 9.97 Å². The number of hydrogen-bond donors (Lipinski definition) is 3. The van der Waals surface area contributed by atoms with Crippen LogP contribution in [-0.4, -0.2) is 21.9 Å². The number of aryl methyl sites for hydroxylation is 2. The zero-order valence-corrected chi connectivity index (χ0v) is 18.3. The molecule has 0 aliphatic carbocycles. The molecular formula is C25H20F3N5O2. The summed E-state index contributed by atoms with van der Waals surface area (Å²) in [5.41, 5.74) is 7.00. The summed E-state index contributed by atoms with van der Waals surface area (Å²) in [7, 11) is 0. The van der Waals surface area contributed by atoms with Crippen LogP contribution in [0.15, 0.2) is 73.1 Å². The average Bonchev–Trinajstić information content (AvgIpc) is 2.82. The van der Waals surface area contributed by atoms with E-state index in [9.17, 15) is 22.8 Å². The standard InChI is InChI=1S/C25H20F3N5O2/c26-25(27,28)19-9-1-2-10-21(19)33-24(35)32-16-6-3-5-15(13-16)11-12-20-17-7-4-8-18(23(29)34)22(17)31-14-30-20/h1-10,13-14H,11-12H2,(H2,29,34)(H2,32,33,35). The predicted molar refractivity (Wildman–Crippen MR) is 126 cm³/mol. The highest BCUT2D eigenvalue weighted by molar-refractivity contribution is 6.05. The number of anilines is 2. The lowest BCUT2D eigenvalue weighted by Crippen LogP contribution is -2.21. The van der Waals surface area contributed by atoms with E-state index in [-0.39, 0.29) is 5.69 Å². The molecule has 3 amide bonds. The Morgan fingerprint density at radius 3 is 2.43 bits per heavy atom. The Labute approximate surface area is 198 Å². The Balaban J connectivity index is 1.46. The lowest BCUT2D eigenvalue weighted by Gasteiger charge is -2.14. The van der Waals surface area contributed by atoms with E-state index in [1.165, 1.54) is 24.5 Å². The minimum absolute atomic E-state index is 0.315. The third kappa shape index (κ3) is 5.55. The second-order valence-corrected chi connectivity index (χ2v) is 7.71. The van der Waals surface area contributed by atoms with E-state index in [2.05, 4.69) is 20.6 Å². The number of carbonyl (C=O) groups excluding carboxylic acids is 2. The van der Waals surface area contributed by atoms with E-state index in [4.69, 9.17) is 5.73 Å². The summed E-state index contributed by atoms with van der Waals surface area (Å²) in [5, 5.41) is 5.54. The largest absolute Gasteiger partial charge is 0.418 e. The van der Waals surface area contributed by atoms with Crippen LogP contribution in [0.2, 0.25) is 0 Å². The van der Waals surface area contributed by atoms with Crippen molar-refractivity contribution in [2.45, 2.75) is 19.0 Å². The van der Waals surface area contributed by atoms with Crippen molar-refractivity contribution < 1.29 is 22.8 Å². The van der Waals surface area contributed by atoms with Crippen LogP contribution < -0.4 is 16.4 Å². The van der Waals surface area contributed by atoms with Gasteiger partial charge in [0, 0.05) is 11.1 Å². The van der Waals surface area contributed by atoms with Crippen LogP contribution in [0.5, 0.6) is 0 Å². The number of aromatic nitrogens is 2. The second-order valence-electron chi connectivity index (χ2n) is 7.71. The fourth-order valence-electron chi connectivity index (χ4n) is 3.73. The smallest absolute Gasteiger partial charge is 0.366 e. The van der Waals surface area contributed by atoms with Crippen LogP contribution in [0.25, 0.3) is 10.9 Å². The van der Waals surface area contributed by atoms with E-state index in [0.29, 0.717) is 29.6 Å². The SMILES string of the molecule is NC(=O)c1cccc2c(CCc3cccc(NC(=O)Nc4ccccc4C(F)(F)F)c3)ncnc12. The fraction of sp³-hybridized carbons (Fsp3) is 0.120. The zero-order chi connectivity index (χ0) is 25.0. The van der Waals surface area contributed by atoms with Gasteiger partial charge in [0.15, 0.2) is 0 Å². The van der Waals surface area contributed by atoms with Crippen LogP contribution in [0.1, 0.15) is 27.2 Å². The third-order valence-corrected chi connectivity index (χ3v) is 5.33. The Morgan fingerprint density at radius 1 is 0.886 bits per heavy atom. The van der Waals surface area contributed by atoms with Crippen molar-refractivity contribution in [3.63, 3.8) is 0 Å². The summed E-state index contributed by atoms with van der Waals surface area (Å²) in [6.45, 7) is 0. The van der Waals surface area contributed by atoms with Crippen molar-refractivity contribution in [3.05, 3.63) is 95.4 Å². The molecule has 0 bridgehead atoms. The minimum Gasteiger partial charge on any atom is -0.366 e. The average molecular weight is 479 g/mol. The van der Waals surface area contributed by atoms with Gasteiger partial charge in [0.2, 0.25) is 0 Å². The molecule has 178 valence electrons. The van der Waals surface area contributed by atoms with E-state index < -0.39 is 23.7 Å². The molecular weight excluding hydrogens is 459 g/mol. The first-order chi connectivity index (χ1) is 16.7. The molecule has 0 radical (unpaired) electrons. The summed E-state index contributed by atoms with van der Waals surface area (Å²) >= 11 is 0. The topological polar surface area (TPSA) is 110 Å². The number of para-hydroxylation sites is 2. The molecule has 4 aromatic rings. The molecule has 1 heterocycles. The minimum atomic E-state index is -4.59. The van der Waals surface area contributed by atoms with Crippen molar-refractivity contribution >= 4 is 34.2 Å². The Bertz CT molecular complexity index is 1410. The quantitative estimate of drug-likeness (QED) is 0.354. The monoisotopic (exact) mass is 479 g/mol. The number of halogens is 3. The summed E-state index contributed by atoms with van der Waals surface area (Å²) in [5.74, 6) is -0.574. The maximum Gasteiger partial charge on any atom is 0.418 e. The summed E-state index contributed by atoms with van der Waals surface area (Å²) in [6, 6.07) is 16.1. The van der Waals surface area contributed by atoms with Crippen LogP contribution in [-0.2, 0) is 19.0 Å². The summed E-state index contributed by atoms with van der Waals surface area (Å²) in [4.78, 5) is 32.5. The van der Waals surface area contributed by atoms with E-state index >= 15 is 0 Å². The maximum absolute atomic E-state index is 13.2. The van der Waals surface area contributed by atoms with Crippen molar-refractivity contribution in [2.75, 3.05) is 10.6 Å². The second kappa shape index (κ2) is 9.80. The van der Waals surface area contributed by atoms with E-state index in [1.807, 2.05) is 12.1 Å². The first kappa shape index (κ1) is 23.7. The van der Waals surface area contributed by atoms with Gasteiger partial charge < -0.3 is 16.4 Å². The number of primary amides is 1. The number of fused-ring (bicyclic) bond motifs is 1. The highest BCUT2D eigenvalue weighted by Crippen LogP contribution is 2.34. The van der Waals surface area contributed by atoms with Gasteiger partial charge in [-0.3, -0.25) is 4.79 Å². The number of benzene rings is 3. The maximum atomic E-state index is 13.2. The lowest BCUT2D eigenvalue weighted by atomic mass is 10.0. The highest BCUT2D eigenvalue weighted by Gasteiger charge is 2.33. The molecule has 0 unspecified atom stereocenters. The number of carbonyl (C=O) groups is 2. The molecule has 0 fully saturated rings. The van der Waals surface area contributed by atoms with Gasteiger partial charge >= 0.3 is 12.2 Å². The van der Waals surface area contributed by atoms with Gasteiger partial charge in [-0.15, -0.1) is 0 Å². The Kier molecular flexibility index (Phi) is 6.63. The molecule has 0 atom stereocenters. The Morgan fingerprint density at radius 2 is 1.66 bits per heavy atom. The molecule has 0 saturated carbocycles. The molecule has 1 aromatic heterocycles. The van der Waals surface area contributed by atoms with Crippen LogP contribution in [0.4, 0.5) is 29.3 Å². The predicted octanol–water partition coefficient (Wildman–Crippen LogP) is 5.18. The van der Waals surface area contributed by atoms with Crippen LogP contribution >= 0.6 is 0 Å². The van der Waals surface area contributed by atoms with Crippen molar-refractivity contribution in [3.8, 4) is 0 Å². The summed E-state index contributed by atoms with van der Waals surface area (Å²) in [6.07, 6.45) is -2.13. The van der Waals surface area contributed by atoms with Crippen molar-refractivity contribution in [1.29, 1.82) is 0 Å². The van der Waals surface area contributed by atoms with Gasteiger partial charge in [0.25, 0.3) is 5.91 Å². The number of urea groups is 1. The number of nitrogens with one attached hydrogen (secondary N) is 2. The number of amides is 3. The molecule has 0 aliphatic heterocycles. The molecule has 0 aliphatic rings. The van der Waals surface area contributed by atoms with Crippen molar-refractivity contribution in [2.24, 2.45) is 5.73 Å². The molecule has 7 nitrogen and oxygen atoms in total. The third-order valence-electron chi connectivity index (χ3n) is 5.33. The highest BCUT2D eigenvalue weighted by atomic mass is 19.4. The molecule has 0 saturated heterocycles. The molecule has 3 aromatic carbocycles. The molecule has 10 heteroatoms. The number of nitrogens with two attached hydrogens (primary N) is 1. The first-order valence-electron chi connectivity index (χ1n) is 10.6. The Hall–Kier alpha value is -4.47. The van der Waals surface area contributed by atoms with Gasteiger partial charge in [-0.2, -0.15) is 13.2 Å². The van der Waals surface area contributed by atoms with Crippen LogP contribution in [0, 0.1) is 0 Å². The first-order valence-corrected chi connectivity index (χ1v) is 10.6. The molecule has 4 rings (SSSR count). The lowest BCUT2D eigenvalue weighted by molar-refractivity contribution is -0.136. The van der Waals surface area contributed by atoms with Gasteiger partial charge in [-0.05, 0) is 48.7 Å². The van der Waals surface area contributed by atoms with E-state index in [1.54, 1.807) is 30.3 Å². The van der Waals surface area contributed by atoms with E-state index in [0.717, 1.165) is 22.7 Å². The number of nitrogens with zero attached hydrogens (tertiary/aromatic N) is 2. The van der Waals surface area contributed by atoms with Crippen LogP contribution in [0.3, 0.4) is 0 Å². The normalized spacial score (nSPS) is 11.3. The zero-order valence-electron chi connectivity index (χ0n) is 18.3.